The van der Waals surface area contributed by atoms with E-state index in [0.29, 0.717) is 18.7 Å². The molecule has 0 radical (unpaired) electrons. The summed E-state index contributed by atoms with van der Waals surface area (Å²) in [5, 5.41) is 19.7. The molecule has 1 aliphatic rings. The van der Waals surface area contributed by atoms with Crippen molar-refractivity contribution in [2.45, 2.75) is 18.8 Å². The highest BCUT2D eigenvalue weighted by atomic mass is 16.6. The molecule has 3 aromatic rings. The highest BCUT2D eigenvalue weighted by Crippen LogP contribution is 2.31. The first-order valence-corrected chi connectivity index (χ1v) is 8.31. The number of aryl methyl sites for hydroxylation is 1. The van der Waals surface area contributed by atoms with E-state index in [4.69, 9.17) is 0 Å². The summed E-state index contributed by atoms with van der Waals surface area (Å²) in [6.45, 7) is 1.10. The third kappa shape index (κ3) is 2.59. The van der Waals surface area contributed by atoms with E-state index < -0.39 is 16.2 Å². The first-order chi connectivity index (χ1) is 12.6. The molecule has 0 aliphatic carbocycles. The number of hydrogen-bond acceptors (Lipinski definition) is 7. The Morgan fingerprint density at radius 1 is 1.35 bits per heavy atom. The zero-order chi connectivity index (χ0) is 18.3. The highest BCUT2D eigenvalue weighted by Gasteiger charge is 2.32. The van der Waals surface area contributed by atoms with Crippen molar-refractivity contribution in [1.29, 1.82) is 0 Å². The third-order valence-electron chi connectivity index (χ3n) is 4.71. The van der Waals surface area contributed by atoms with E-state index >= 15 is 0 Å². The second kappa shape index (κ2) is 6.21. The molecule has 0 bridgehead atoms. The number of nitro groups is 1. The van der Waals surface area contributed by atoms with Gasteiger partial charge in [0.2, 0.25) is 5.82 Å². The van der Waals surface area contributed by atoms with Gasteiger partial charge in [0.15, 0.2) is 0 Å². The fraction of sp³-hybridized carbons (Fsp3) is 0.375. The van der Waals surface area contributed by atoms with Crippen LogP contribution in [0.2, 0.25) is 0 Å². The van der Waals surface area contributed by atoms with Crippen molar-refractivity contribution in [2.24, 2.45) is 7.05 Å². The zero-order valence-electron chi connectivity index (χ0n) is 14.1. The normalized spacial score (nSPS) is 17.6. The Bertz CT molecular complexity index is 1040. The molecular formula is C16H17N7O3. The van der Waals surface area contributed by atoms with Crippen molar-refractivity contribution in [2.75, 3.05) is 18.0 Å². The number of hydrogen-bond donors (Lipinski definition) is 0. The largest absolute Gasteiger partial charge is 0.376 e. The number of aromatic nitrogens is 5. The Kier molecular flexibility index (Phi) is 3.86. The monoisotopic (exact) mass is 355 g/mol. The molecule has 4 rings (SSSR count). The van der Waals surface area contributed by atoms with Gasteiger partial charge in [-0.3, -0.25) is 19.3 Å². The SMILES string of the molecule is Cn1cnnc1[C@H]1CCCN(c2nc3ccccn3c(=O)c2[N+](=O)[O-])C1. The van der Waals surface area contributed by atoms with Gasteiger partial charge >= 0.3 is 11.2 Å². The first-order valence-electron chi connectivity index (χ1n) is 8.31. The van der Waals surface area contributed by atoms with Gasteiger partial charge in [0, 0.05) is 32.3 Å². The molecule has 0 N–H and O–H groups in total. The van der Waals surface area contributed by atoms with E-state index in [1.807, 2.05) is 16.5 Å². The lowest BCUT2D eigenvalue weighted by atomic mass is 9.97. The summed E-state index contributed by atoms with van der Waals surface area (Å²) in [4.78, 5) is 29.8. The van der Waals surface area contributed by atoms with Gasteiger partial charge in [-0.2, -0.15) is 0 Å². The summed E-state index contributed by atoms with van der Waals surface area (Å²) in [5.41, 5.74) is -0.775. The second-order valence-electron chi connectivity index (χ2n) is 6.36. The minimum atomic E-state index is -0.670. The summed E-state index contributed by atoms with van der Waals surface area (Å²) in [5.74, 6) is 1.03. The second-order valence-corrected chi connectivity index (χ2v) is 6.36. The van der Waals surface area contributed by atoms with Crippen LogP contribution in [0.5, 0.6) is 0 Å². The molecule has 134 valence electrons. The van der Waals surface area contributed by atoms with Crippen molar-refractivity contribution in [1.82, 2.24) is 24.1 Å². The van der Waals surface area contributed by atoms with Crippen molar-refractivity contribution in [3.63, 3.8) is 0 Å². The van der Waals surface area contributed by atoms with Crippen LogP contribution >= 0.6 is 0 Å². The van der Waals surface area contributed by atoms with Crippen molar-refractivity contribution < 1.29 is 4.92 Å². The van der Waals surface area contributed by atoms with Crippen LogP contribution in [0.1, 0.15) is 24.6 Å². The molecule has 3 aromatic heterocycles. The van der Waals surface area contributed by atoms with Gasteiger partial charge in [0.1, 0.15) is 17.8 Å². The molecule has 0 spiro atoms. The molecule has 1 atom stereocenters. The van der Waals surface area contributed by atoms with E-state index in [0.717, 1.165) is 18.7 Å². The molecular weight excluding hydrogens is 338 g/mol. The van der Waals surface area contributed by atoms with E-state index in [2.05, 4.69) is 15.2 Å². The Balaban J connectivity index is 1.80. The van der Waals surface area contributed by atoms with Gasteiger partial charge in [0.05, 0.1) is 4.92 Å². The number of fused-ring (bicyclic) bond motifs is 1. The van der Waals surface area contributed by atoms with Crippen LogP contribution in [-0.4, -0.2) is 42.2 Å². The third-order valence-corrected chi connectivity index (χ3v) is 4.71. The van der Waals surface area contributed by atoms with Crippen molar-refractivity contribution in [3.8, 4) is 0 Å². The summed E-state index contributed by atoms with van der Waals surface area (Å²) in [7, 11) is 1.87. The maximum atomic E-state index is 12.6. The maximum Gasteiger partial charge on any atom is 0.376 e. The van der Waals surface area contributed by atoms with Gasteiger partial charge in [0.25, 0.3) is 0 Å². The minimum Gasteiger partial charge on any atom is -0.350 e. The number of rotatable bonds is 3. The van der Waals surface area contributed by atoms with Crippen LogP contribution in [-0.2, 0) is 7.05 Å². The quantitative estimate of drug-likeness (QED) is 0.511. The molecule has 0 saturated carbocycles. The summed E-state index contributed by atoms with van der Waals surface area (Å²) in [6, 6.07) is 5.05. The lowest BCUT2D eigenvalue weighted by Crippen LogP contribution is -2.37. The maximum absolute atomic E-state index is 12.6. The van der Waals surface area contributed by atoms with Crippen LogP contribution in [0.4, 0.5) is 11.5 Å². The van der Waals surface area contributed by atoms with Crippen LogP contribution in [0.3, 0.4) is 0 Å². The van der Waals surface area contributed by atoms with E-state index in [9.17, 15) is 14.9 Å². The topological polar surface area (TPSA) is 111 Å². The van der Waals surface area contributed by atoms with Crippen LogP contribution in [0.15, 0.2) is 35.5 Å². The number of piperidine rings is 1. The van der Waals surface area contributed by atoms with Gasteiger partial charge in [-0.25, -0.2) is 4.98 Å². The summed E-state index contributed by atoms with van der Waals surface area (Å²) < 4.78 is 3.05. The lowest BCUT2D eigenvalue weighted by molar-refractivity contribution is -0.385. The molecule has 1 aliphatic heterocycles. The zero-order valence-corrected chi connectivity index (χ0v) is 14.1. The standard InChI is InChI=1S/C16H17N7O3/c1-20-10-17-19-14(20)11-5-4-7-21(9-11)15-13(23(25)26)16(24)22-8-3-2-6-12(22)18-15/h2-3,6,8,10-11H,4-5,7,9H2,1H3/t11-/m0/s1. The minimum absolute atomic E-state index is 0.0758. The van der Waals surface area contributed by atoms with E-state index in [1.165, 1.54) is 10.6 Å². The van der Waals surface area contributed by atoms with Gasteiger partial charge in [-0.15, -0.1) is 10.2 Å². The average Bonchev–Trinajstić information content (AvgIpc) is 3.07. The van der Waals surface area contributed by atoms with E-state index in [1.54, 1.807) is 24.5 Å². The van der Waals surface area contributed by atoms with Gasteiger partial charge in [-0.1, -0.05) is 6.07 Å². The van der Waals surface area contributed by atoms with Crippen LogP contribution < -0.4 is 10.5 Å². The molecule has 1 saturated heterocycles. The molecule has 1 fully saturated rings. The van der Waals surface area contributed by atoms with Crippen molar-refractivity contribution in [3.05, 3.63) is 57.0 Å². The Labute approximate surface area is 147 Å². The molecule has 0 unspecified atom stereocenters. The first kappa shape index (κ1) is 16.2. The summed E-state index contributed by atoms with van der Waals surface area (Å²) >= 11 is 0. The molecule has 4 heterocycles. The predicted molar refractivity (Wildman–Crippen MR) is 93.3 cm³/mol. The van der Waals surface area contributed by atoms with E-state index in [-0.39, 0.29) is 11.7 Å². The fourth-order valence-corrected chi connectivity index (χ4v) is 3.49. The number of nitrogens with zero attached hydrogens (tertiary/aromatic N) is 7. The van der Waals surface area contributed by atoms with Crippen LogP contribution in [0, 0.1) is 10.1 Å². The number of anilines is 1. The number of pyridine rings is 1. The lowest BCUT2D eigenvalue weighted by Gasteiger charge is -2.32. The molecule has 0 aromatic carbocycles. The van der Waals surface area contributed by atoms with Gasteiger partial charge in [-0.05, 0) is 25.0 Å². The molecule has 26 heavy (non-hydrogen) atoms. The highest BCUT2D eigenvalue weighted by molar-refractivity contribution is 5.61. The van der Waals surface area contributed by atoms with Crippen molar-refractivity contribution >= 4 is 17.2 Å². The average molecular weight is 355 g/mol. The Morgan fingerprint density at radius 2 is 2.19 bits per heavy atom. The fourth-order valence-electron chi connectivity index (χ4n) is 3.49. The summed E-state index contributed by atoms with van der Waals surface area (Å²) in [6.07, 6.45) is 4.85. The van der Waals surface area contributed by atoms with Gasteiger partial charge < -0.3 is 9.47 Å². The molecule has 0 amide bonds. The smallest absolute Gasteiger partial charge is 0.350 e. The predicted octanol–water partition coefficient (Wildman–Crippen LogP) is 1.12. The Hall–Kier alpha value is -3.30. The molecule has 10 nitrogen and oxygen atoms in total. The van der Waals surface area contributed by atoms with Crippen LogP contribution in [0.25, 0.3) is 5.65 Å². The molecule has 10 heteroatoms. The Morgan fingerprint density at radius 3 is 2.92 bits per heavy atom.